The Kier molecular flexibility index (Phi) is 9.96. The van der Waals surface area contributed by atoms with Gasteiger partial charge >= 0.3 is 20.4 Å². The number of carbonyl (C=O) groups excluding carboxylic acids is 1. The number of alkyl halides is 3. The van der Waals surface area contributed by atoms with Crippen LogP contribution in [0.2, 0.25) is 0 Å². The highest BCUT2D eigenvalue weighted by Crippen LogP contribution is 2.43. The van der Waals surface area contributed by atoms with E-state index in [0.717, 1.165) is 24.6 Å². The van der Waals surface area contributed by atoms with Crippen LogP contribution in [0.25, 0.3) is 5.52 Å². The lowest BCUT2D eigenvalue weighted by Crippen LogP contribution is -2.09. The first-order valence-corrected chi connectivity index (χ1v) is 15.8. The number of hydrogen-bond donors (Lipinski definition) is 0. The standard InChI is InChI=1S/C21H19F4NO4S2.Cl2O2S/c1-4-30-19(27)10-15-12(2)20(26-11-13(22)5-7-17(15)26)31-18-8-6-14(32(3,28)29)9-16(18)21(23,24)25;1-5(2,3)4/h5-9,11H,4,10H2,1-3H3;. The molecule has 0 spiro atoms. The predicted molar refractivity (Wildman–Crippen MR) is 132 cm³/mol. The Morgan fingerprint density at radius 1 is 1.11 bits per heavy atom. The Morgan fingerprint density at radius 2 is 1.70 bits per heavy atom. The quantitative estimate of drug-likeness (QED) is 0.195. The van der Waals surface area contributed by atoms with Gasteiger partial charge < -0.3 is 9.14 Å². The fraction of sp³-hybridized carbons (Fsp3) is 0.286. The molecule has 0 saturated carbocycles. The van der Waals surface area contributed by atoms with E-state index in [4.69, 9.17) is 13.2 Å². The van der Waals surface area contributed by atoms with Crippen LogP contribution < -0.4 is 0 Å². The molecule has 0 unspecified atom stereocenters. The summed E-state index contributed by atoms with van der Waals surface area (Å²) in [6.45, 7) is 3.44. The summed E-state index contributed by atoms with van der Waals surface area (Å²) in [5, 5.41) is 0.274. The molecule has 0 radical (unpaired) electrons. The average Bonchev–Trinajstić information content (AvgIpc) is 2.96. The molecule has 0 aliphatic rings. The van der Waals surface area contributed by atoms with E-state index >= 15 is 0 Å². The zero-order valence-electron chi connectivity index (χ0n) is 19.3. The molecule has 16 heteroatoms. The normalized spacial score (nSPS) is 12.2. The molecule has 0 N–H and O–H groups in total. The first-order chi connectivity index (χ1) is 16.8. The Hall–Kier alpha value is -2.00. The molecule has 0 fully saturated rings. The highest BCUT2D eigenvalue weighted by atomic mass is 36.0. The molecule has 0 saturated heterocycles. The number of aromatic nitrogens is 1. The molecule has 0 bridgehead atoms. The number of halogens is 6. The number of benzene rings is 1. The van der Waals surface area contributed by atoms with Crippen LogP contribution in [0.3, 0.4) is 0 Å². The molecule has 3 aromatic rings. The number of rotatable bonds is 6. The summed E-state index contributed by atoms with van der Waals surface area (Å²) in [7, 11) is 0.959. The minimum atomic E-state index is -4.82. The third-order valence-corrected chi connectivity index (χ3v) is 7.11. The number of esters is 1. The molecule has 0 atom stereocenters. The van der Waals surface area contributed by atoms with Crippen molar-refractivity contribution in [3.8, 4) is 0 Å². The van der Waals surface area contributed by atoms with Crippen LogP contribution >= 0.6 is 33.1 Å². The molecular weight excluding hydrogens is 605 g/mol. The first kappa shape index (κ1) is 31.2. The van der Waals surface area contributed by atoms with Crippen molar-refractivity contribution in [1.29, 1.82) is 0 Å². The highest BCUT2D eigenvalue weighted by Gasteiger charge is 2.35. The van der Waals surface area contributed by atoms with Gasteiger partial charge in [-0.15, -0.1) is 0 Å². The van der Waals surface area contributed by atoms with E-state index in [1.54, 1.807) is 13.8 Å². The molecular formula is C21H19Cl2F4NO6S3. The largest absolute Gasteiger partial charge is 0.466 e. The van der Waals surface area contributed by atoms with Gasteiger partial charge in [-0.25, -0.2) is 12.8 Å². The van der Waals surface area contributed by atoms with Crippen molar-refractivity contribution in [2.45, 2.75) is 41.3 Å². The lowest BCUT2D eigenvalue weighted by molar-refractivity contribution is -0.142. The van der Waals surface area contributed by atoms with Crippen molar-refractivity contribution < 1.29 is 43.9 Å². The maximum Gasteiger partial charge on any atom is 0.417 e. The van der Waals surface area contributed by atoms with Gasteiger partial charge in [-0.1, -0.05) is 11.8 Å². The van der Waals surface area contributed by atoms with Crippen LogP contribution in [0.1, 0.15) is 23.6 Å². The van der Waals surface area contributed by atoms with Gasteiger partial charge in [-0.05, 0) is 55.3 Å². The smallest absolute Gasteiger partial charge is 0.417 e. The minimum Gasteiger partial charge on any atom is -0.466 e. The Balaban J connectivity index is 0.000000877. The van der Waals surface area contributed by atoms with Gasteiger partial charge in [0.05, 0.1) is 34.0 Å². The molecule has 204 valence electrons. The van der Waals surface area contributed by atoms with Gasteiger partial charge in [-0.3, -0.25) is 4.79 Å². The number of carbonyl (C=O) groups is 1. The second kappa shape index (κ2) is 11.8. The monoisotopic (exact) mass is 623 g/mol. The topological polar surface area (TPSA) is 99.0 Å². The van der Waals surface area contributed by atoms with Crippen molar-refractivity contribution in [2.75, 3.05) is 12.9 Å². The summed E-state index contributed by atoms with van der Waals surface area (Å²) in [4.78, 5) is 11.3. The molecule has 1 aromatic carbocycles. The van der Waals surface area contributed by atoms with Crippen LogP contribution in [0.4, 0.5) is 17.6 Å². The SMILES string of the molecule is CCOC(=O)Cc1c(C)c(Sc2ccc(S(C)(=O)=O)cc2C(F)(F)F)n2cc(F)ccc12.O=S(=O)(Cl)Cl. The van der Waals surface area contributed by atoms with E-state index in [2.05, 4.69) is 21.4 Å². The second-order valence-corrected chi connectivity index (χ2v) is 14.1. The van der Waals surface area contributed by atoms with Gasteiger partial charge in [0.15, 0.2) is 9.84 Å². The van der Waals surface area contributed by atoms with Crippen molar-refractivity contribution in [1.82, 2.24) is 4.40 Å². The molecule has 0 aliphatic carbocycles. The van der Waals surface area contributed by atoms with Gasteiger partial charge in [0.2, 0.25) is 0 Å². The van der Waals surface area contributed by atoms with E-state index < -0.39 is 46.5 Å². The zero-order chi connectivity index (χ0) is 28.3. The first-order valence-electron chi connectivity index (χ1n) is 10.0. The number of fused-ring (bicyclic) bond motifs is 1. The summed E-state index contributed by atoms with van der Waals surface area (Å²) in [6, 6.07) is 5.40. The van der Waals surface area contributed by atoms with Crippen LogP contribution in [0.5, 0.6) is 0 Å². The van der Waals surface area contributed by atoms with Crippen LogP contribution in [-0.4, -0.2) is 40.1 Å². The molecule has 7 nitrogen and oxygen atoms in total. The Labute approximate surface area is 223 Å². The van der Waals surface area contributed by atoms with Gasteiger partial charge in [0.25, 0.3) is 0 Å². The minimum absolute atomic E-state index is 0.130. The number of pyridine rings is 1. The van der Waals surface area contributed by atoms with Gasteiger partial charge in [0.1, 0.15) is 5.82 Å². The van der Waals surface area contributed by atoms with E-state index in [1.807, 2.05) is 0 Å². The Morgan fingerprint density at radius 3 is 2.22 bits per heavy atom. The van der Waals surface area contributed by atoms with Crippen LogP contribution in [-0.2, 0) is 40.2 Å². The molecule has 0 aliphatic heterocycles. The summed E-state index contributed by atoms with van der Waals surface area (Å²) in [6.07, 6.45) is -3.00. The molecule has 0 amide bonds. The van der Waals surface area contributed by atoms with Crippen molar-refractivity contribution >= 4 is 62.7 Å². The fourth-order valence-electron chi connectivity index (χ4n) is 3.25. The lowest BCUT2D eigenvalue weighted by atomic mass is 10.1. The van der Waals surface area contributed by atoms with Crippen LogP contribution in [0, 0.1) is 12.7 Å². The van der Waals surface area contributed by atoms with Crippen molar-refractivity contribution in [3.63, 3.8) is 0 Å². The Bertz CT molecular complexity index is 1530. The van der Waals surface area contributed by atoms with Crippen LogP contribution in [0.15, 0.2) is 51.3 Å². The second-order valence-electron chi connectivity index (χ2n) is 7.40. The molecule has 37 heavy (non-hydrogen) atoms. The maximum atomic E-state index is 14.0. The number of nitrogens with zero attached hydrogens (tertiary/aromatic N) is 1. The zero-order valence-corrected chi connectivity index (χ0v) is 23.2. The molecule has 2 aromatic heterocycles. The number of sulfone groups is 1. The highest BCUT2D eigenvalue weighted by molar-refractivity contribution is 8.31. The third-order valence-electron chi connectivity index (χ3n) is 4.73. The summed E-state index contributed by atoms with van der Waals surface area (Å²) < 4.78 is 103. The van der Waals surface area contributed by atoms with Gasteiger partial charge in [-0.2, -0.15) is 21.6 Å². The van der Waals surface area contributed by atoms with E-state index in [-0.39, 0.29) is 22.9 Å². The summed E-state index contributed by atoms with van der Waals surface area (Å²) >= 11 is 0.716. The van der Waals surface area contributed by atoms with E-state index in [9.17, 15) is 30.8 Å². The van der Waals surface area contributed by atoms with Gasteiger partial charge in [0, 0.05) is 38.7 Å². The average molecular weight is 624 g/mol. The predicted octanol–water partition coefficient (Wildman–Crippen LogP) is 5.77. The summed E-state index contributed by atoms with van der Waals surface area (Å²) in [5.74, 6) is -1.13. The third kappa shape index (κ3) is 8.77. The van der Waals surface area contributed by atoms with Crippen molar-refractivity contribution in [2.24, 2.45) is 0 Å². The molecule has 3 rings (SSSR count). The summed E-state index contributed by atoms with van der Waals surface area (Å²) in [5.41, 5.74) is 0.338. The van der Waals surface area contributed by atoms with E-state index in [0.29, 0.717) is 34.5 Å². The fourth-order valence-corrected chi connectivity index (χ4v) is 5.05. The number of ether oxygens (including phenoxy) is 1. The maximum absolute atomic E-state index is 14.0. The lowest BCUT2D eigenvalue weighted by Gasteiger charge is -2.14. The van der Waals surface area contributed by atoms with E-state index in [1.165, 1.54) is 16.5 Å². The molecule has 2 heterocycles. The van der Waals surface area contributed by atoms with Crippen molar-refractivity contribution in [3.05, 3.63) is 59.0 Å². The number of hydrogen-bond acceptors (Lipinski definition) is 7.